The molecule has 0 radical (unpaired) electrons. The van der Waals surface area contributed by atoms with E-state index in [2.05, 4.69) is 31.1 Å². The van der Waals surface area contributed by atoms with Gasteiger partial charge in [-0.3, -0.25) is 4.79 Å². The Morgan fingerprint density at radius 1 is 1.35 bits per heavy atom. The van der Waals surface area contributed by atoms with Crippen LogP contribution in [0.25, 0.3) is 0 Å². The number of ether oxygens (including phenoxy) is 1. The molecule has 1 aromatic rings. The number of aromatic nitrogens is 1. The van der Waals surface area contributed by atoms with E-state index in [0.717, 1.165) is 5.56 Å². The van der Waals surface area contributed by atoms with Gasteiger partial charge in [-0.2, -0.15) is 0 Å². The maximum Gasteiger partial charge on any atom is 0.269 e. The Balaban J connectivity index is 2.45. The van der Waals surface area contributed by atoms with Crippen molar-refractivity contribution in [1.29, 1.82) is 0 Å². The molecule has 1 aromatic heterocycles. The molecule has 1 N–H and O–H groups in total. The van der Waals surface area contributed by atoms with Gasteiger partial charge in [-0.05, 0) is 30.9 Å². The Labute approximate surface area is 101 Å². The van der Waals surface area contributed by atoms with Gasteiger partial charge in [0, 0.05) is 6.20 Å². The minimum atomic E-state index is -0.842. The second kappa shape index (κ2) is 3.45. The van der Waals surface area contributed by atoms with E-state index in [1.165, 1.54) is 0 Å². The molecule has 2 rings (SSSR count). The molecule has 0 unspecified atom stereocenters. The highest BCUT2D eigenvalue weighted by molar-refractivity contribution is 5.99. The first-order valence-corrected chi connectivity index (χ1v) is 5.71. The van der Waals surface area contributed by atoms with Crippen molar-refractivity contribution in [1.82, 2.24) is 4.98 Å². The molecule has 4 heteroatoms. The van der Waals surface area contributed by atoms with Crippen LogP contribution in [0.4, 0.5) is 5.82 Å². The monoisotopic (exact) mass is 234 g/mol. The predicted molar refractivity (Wildman–Crippen MR) is 66.3 cm³/mol. The molecular formula is C13H18N2O2. The molecule has 0 aromatic carbocycles. The number of anilines is 1. The SMILES string of the molecule is CC1(C)Oc2cc(C(C)(C)C)cnc2NC1=O. The molecule has 0 spiro atoms. The number of nitrogens with one attached hydrogen (secondary N) is 1. The van der Waals surface area contributed by atoms with Crippen LogP contribution in [0.2, 0.25) is 0 Å². The van der Waals surface area contributed by atoms with Crippen LogP contribution in [0.3, 0.4) is 0 Å². The van der Waals surface area contributed by atoms with Crippen molar-refractivity contribution >= 4 is 11.7 Å². The zero-order chi connectivity index (χ0) is 12.8. The molecule has 0 saturated heterocycles. The summed E-state index contributed by atoms with van der Waals surface area (Å²) in [7, 11) is 0. The molecular weight excluding hydrogens is 216 g/mol. The van der Waals surface area contributed by atoms with E-state index in [1.54, 1.807) is 20.0 Å². The summed E-state index contributed by atoms with van der Waals surface area (Å²) in [5, 5.41) is 2.75. The highest BCUT2D eigenvalue weighted by Crippen LogP contribution is 2.35. The number of nitrogens with zero attached hydrogens (tertiary/aromatic N) is 1. The standard InChI is InChI=1S/C13H18N2O2/c1-12(2,3)8-6-9-10(14-7-8)15-11(16)13(4,5)17-9/h6-7H,1-5H3,(H,14,15,16). The Morgan fingerprint density at radius 2 is 2.00 bits per heavy atom. The van der Waals surface area contributed by atoms with Crippen LogP contribution in [0, 0.1) is 0 Å². The van der Waals surface area contributed by atoms with Crippen LogP contribution in [0.1, 0.15) is 40.2 Å². The topological polar surface area (TPSA) is 51.2 Å². The van der Waals surface area contributed by atoms with E-state index >= 15 is 0 Å². The number of carbonyl (C=O) groups excluding carboxylic acids is 1. The van der Waals surface area contributed by atoms with E-state index in [9.17, 15) is 4.79 Å². The van der Waals surface area contributed by atoms with Gasteiger partial charge in [0.05, 0.1) is 0 Å². The van der Waals surface area contributed by atoms with Gasteiger partial charge in [-0.1, -0.05) is 20.8 Å². The summed E-state index contributed by atoms with van der Waals surface area (Å²) < 4.78 is 5.69. The second-order valence-corrected chi connectivity index (χ2v) is 5.89. The number of fused-ring (bicyclic) bond motifs is 1. The lowest BCUT2D eigenvalue weighted by atomic mass is 9.88. The molecule has 0 aliphatic carbocycles. The Morgan fingerprint density at radius 3 is 2.59 bits per heavy atom. The highest BCUT2D eigenvalue weighted by Gasteiger charge is 2.36. The average molecular weight is 234 g/mol. The summed E-state index contributed by atoms with van der Waals surface area (Å²) in [5.41, 5.74) is 0.255. The van der Waals surface area contributed by atoms with Gasteiger partial charge in [0.1, 0.15) is 0 Å². The molecule has 0 atom stereocenters. The third-order valence-corrected chi connectivity index (χ3v) is 2.86. The Hall–Kier alpha value is -1.58. The number of amides is 1. The van der Waals surface area contributed by atoms with E-state index in [0.29, 0.717) is 11.6 Å². The lowest BCUT2D eigenvalue weighted by molar-refractivity contribution is -0.129. The fourth-order valence-corrected chi connectivity index (χ4v) is 1.61. The van der Waals surface area contributed by atoms with Gasteiger partial charge >= 0.3 is 0 Å². The van der Waals surface area contributed by atoms with Crippen LogP contribution in [0.5, 0.6) is 5.75 Å². The van der Waals surface area contributed by atoms with E-state index < -0.39 is 5.60 Å². The third-order valence-electron chi connectivity index (χ3n) is 2.86. The van der Waals surface area contributed by atoms with Crippen LogP contribution in [0.15, 0.2) is 12.3 Å². The molecule has 1 aliphatic heterocycles. The van der Waals surface area contributed by atoms with E-state index in [1.807, 2.05) is 6.07 Å². The quantitative estimate of drug-likeness (QED) is 0.750. The number of hydrogen-bond donors (Lipinski definition) is 1. The summed E-state index contributed by atoms with van der Waals surface area (Å²) in [6.45, 7) is 9.83. The van der Waals surface area contributed by atoms with E-state index in [-0.39, 0.29) is 11.3 Å². The molecule has 2 heterocycles. The van der Waals surface area contributed by atoms with Crippen molar-refractivity contribution in [3.05, 3.63) is 17.8 Å². The normalized spacial score (nSPS) is 18.1. The van der Waals surface area contributed by atoms with Gasteiger partial charge in [-0.25, -0.2) is 4.98 Å². The lowest BCUT2D eigenvalue weighted by Crippen LogP contribution is -2.46. The van der Waals surface area contributed by atoms with Crippen molar-refractivity contribution in [3.63, 3.8) is 0 Å². The van der Waals surface area contributed by atoms with Gasteiger partial charge in [-0.15, -0.1) is 0 Å². The molecule has 4 nitrogen and oxygen atoms in total. The maximum atomic E-state index is 11.7. The van der Waals surface area contributed by atoms with Crippen molar-refractivity contribution in [3.8, 4) is 5.75 Å². The number of pyridine rings is 1. The first kappa shape index (κ1) is 11.9. The zero-order valence-corrected chi connectivity index (χ0v) is 10.9. The number of hydrogen-bond acceptors (Lipinski definition) is 3. The fourth-order valence-electron chi connectivity index (χ4n) is 1.61. The fraction of sp³-hybridized carbons (Fsp3) is 0.538. The summed E-state index contributed by atoms with van der Waals surface area (Å²) in [6.07, 6.45) is 1.78. The minimum Gasteiger partial charge on any atom is -0.474 e. The van der Waals surface area contributed by atoms with E-state index in [4.69, 9.17) is 4.74 Å². The van der Waals surface area contributed by atoms with Crippen molar-refractivity contribution in [2.24, 2.45) is 0 Å². The first-order chi connectivity index (χ1) is 7.70. The van der Waals surface area contributed by atoms with Gasteiger partial charge in [0.15, 0.2) is 17.2 Å². The third kappa shape index (κ3) is 2.12. The molecule has 0 fully saturated rings. The van der Waals surface area contributed by atoms with Gasteiger partial charge in [0.25, 0.3) is 5.91 Å². The Bertz CT molecular complexity index is 473. The van der Waals surface area contributed by atoms with Crippen LogP contribution < -0.4 is 10.1 Å². The number of carbonyl (C=O) groups is 1. The summed E-state index contributed by atoms with van der Waals surface area (Å²) in [4.78, 5) is 15.9. The van der Waals surface area contributed by atoms with Crippen LogP contribution in [-0.4, -0.2) is 16.5 Å². The molecule has 92 valence electrons. The van der Waals surface area contributed by atoms with Gasteiger partial charge < -0.3 is 10.1 Å². The smallest absolute Gasteiger partial charge is 0.269 e. The largest absolute Gasteiger partial charge is 0.474 e. The highest BCUT2D eigenvalue weighted by atomic mass is 16.5. The summed E-state index contributed by atoms with van der Waals surface area (Å²) in [6, 6.07) is 1.95. The minimum absolute atomic E-state index is 0.0109. The average Bonchev–Trinajstić information content (AvgIpc) is 2.17. The van der Waals surface area contributed by atoms with Crippen LogP contribution >= 0.6 is 0 Å². The number of rotatable bonds is 0. The second-order valence-electron chi connectivity index (χ2n) is 5.89. The van der Waals surface area contributed by atoms with Gasteiger partial charge in [0.2, 0.25) is 0 Å². The molecule has 1 amide bonds. The lowest BCUT2D eigenvalue weighted by Gasteiger charge is -2.32. The van der Waals surface area contributed by atoms with Crippen molar-refractivity contribution in [2.75, 3.05) is 5.32 Å². The van der Waals surface area contributed by atoms with Crippen LogP contribution in [-0.2, 0) is 10.2 Å². The molecule has 17 heavy (non-hydrogen) atoms. The molecule has 0 bridgehead atoms. The predicted octanol–water partition coefficient (Wildman–Crippen LogP) is 2.49. The van der Waals surface area contributed by atoms with Crippen molar-refractivity contribution < 1.29 is 9.53 Å². The van der Waals surface area contributed by atoms with Crippen molar-refractivity contribution in [2.45, 2.75) is 45.6 Å². The summed E-state index contributed by atoms with van der Waals surface area (Å²) >= 11 is 0. The first-order valence-electron chi connectivity index (χ1n) is 5.71. The molecule has 1 aliphatic rings. The molecule has 0 saturated carbocycles. The maximum absolute atomic E-state index is 11.7. The summed E-state index contributed by atoms with van der Waals surface area (Å²) in [5.74, 6) is 0.977. The Kier molecular flexibility index (Phi) is 2.42. The zero-order valence-electron chi connectivity index (χ0n) is 10.9.